The van der Waals surface area contributed by atoms with E-state index in [-0.39, 0.29) is 16.9 Å². The minimum absolute atomic E-state index is 0.0504. The van der Waals surface area contributed by atoms with E-state index in [4.69, 9.17) is 5.84 Å². The van der Waals surface area contributed by atoms with E-state index in [0.29, 0.717) is 29.8 Å². The van der Waals surface area contributed by atoms with Crippen LogP contribution in [0.15, 0.2) is 22.8 Å². The first-order valence-corrected chi connectivity index (χ1v) is 10.7. The number of hydrogen-bond donors (Lipinski definition) is 1. The molecule has 5 atom stereocenters. The zero-order valence-electron chi connectivity index (χ0n) is 17.3. The van der Waals surface area contributed by atoms with Gasteiger partial charge in [-0.25, -0.2) is 5.01 Å². The SMILES string of the molecule is C[C@@H](C(=O)[C@@]1(C)CC[C@H]2[C@@H]3CCC4=CC(=O)CCC4=C3CC[C@@]21C)N(C)N. The van der Waals surface area contributed by atoms with Gasteiger partial charge in [-0.2, -0.15) is 0 Å². The van der Waals surface area contributed by atoms with Crippen molar-refractivity contribution in [3.05, 3.63) is 22.8 Å². The van der Waals surface area contributed by atoms with Gasteiger partial charge in [-0.3, -0.25) is 15.4 Å². The number of hydrogen-bond acceptors (Lipinski definition) is 4. The van der Waals surface area contributed by atoms with Crippen molar-refractivity contribution in [3.63, 3.8) is 0 Å². The lowest BCUT2D eigenvalue weighted by atomic mass is 9.51. The van der Waals surface area contributed by atoms with Gasteiger partial charge in [0, 0.05) is 18.9 Å². The molecule has 0 heterocycles. The highest BCUT2D eigenvalue weighted by Gasteiger charge is 2.62. The Labute approximate surface area is 163 Å². The summed E-state index contributed by atoms with van der Waals surface area (Å²) >= 11 is 0. The lowest BCUT2D eigenvalue weighted by Gasteiger charge is -2.53. The topological polar surface area (TPSA) is 63.4 Å². The van der Waals surface area contributed by atoms with Gasteiger partial charge in [-0.05, 0) is 86.3 Å². The van der Waals surface area contributed by atoms with Gasteiger partial charge in [-0.15, -0.1) is 0 Å². The monoisotopic (exact) mass is 370 g/mol. The molecule has 4 heteroatoms. The molecule has 2 N–H and O–H groups in total. The van der Waals surface area contributed by atoms with Crippen molar-refractivity contribution in [1.82, 2.24) is 5.01 Å². The number of nitrogens with zero attached hydrogens (tertiary/aromatic N) is 1. The van der Waals surface area contributed by atoms with E-state index in [9.17, 15) is 9.59 Å². The Hall–Kier alpha value is -1.26. The van der Waals surface area contributed by atoms with Crippen molar-refractivity contribution in [2.75, 3.05) is 7.05 Å². The number of rotatable bonds is 3. The van der Waals surface area contributed by atoms with Gasteiger partial charge in [0.15, 0.2) is 11.6 Å². The van der Waals surface area contributed by atoms with Crippen molar-refractivity contribution in [3.8, 4) is 0 Å². The number of allylic oxidation sites excluding steroid dienone is 4. The van der Waals surface area contributed by atoms with E-state index in [2.05, 4.69) is 13.8 Å². The fraction of sp³-hybridized carbons (Fsp3) is 0.739. The summed E-state index contributed by atoms with van der Waals surface area (Å²) < 4.78 is 0. The Morgan fingerprint density at radius 3 is 2.63 bits per heavy atom. The van der Waals surface area contributed by atoms with Crippen LogP contribution < -0.4 is 5.84 Å². The van der Waals surface area contributed by atoms with E-state index < -0.39 is 0 Å². The van der Waals surface area contributed by atoms with Crippen LogP contribution in [-0.2, 0) is 9.59 Å². The number of nitrogens with two attached hydrogens (primary N) is 1. The summed E-state index contributed by atoms with van der Waals surface area (Å²) in [5, 5.41) is 1.57. The Balaban J connectivity index is 1.68. The van der Waals surface area contributed by atoms with Crippen LogP contribution >= 0.6 is 0 Å². The van der Waals surface area contributed by atoms with Gasteiger partial charge < -0.3 is 0 Å². The molecule has 0 aromatic rings. The number of ketones is 2. The molecule has 0 aliphatic heterocycles. The summed E-state index contributed by atoms with van der Waals surface area (Å²) in [6.07, 6.45) is 10.00. The normalized spacial score (nSPS) is 39.6. The Bertz CT molecular complexity index is 749. The van der Waals surface area contributed by atoms with Gasteiger partial charge in [0.2, 0.25) is 0 Å². The van der Waals surface area contributed by atoms with Crippen LogP contribution in [0.3, 0.4) is 0 Å². The van der Waals surface area contributed by atoms with E-state index >= 15 is 0 Å². The predicted octanol–water partition coefficient (Wildman–Crippen LogP) is 3.96. The molecule has 0 aromatic heterocycles. The van der Waals surface area contributed by atoms with E-state index in [1.54, 1.807) is 17.6 Å². The lowest BCUT2D eigenvalue weighted by Crippen LogP contribution is -2.54. The average molecular weight is 371 g/mol. The van der Waals surface area contributed by atoms with Crippen molar-refractivity contribution in [2.24, 2.45) is 28.5 Å². The molecule has 2 fully saturated rings. The fourth-order valence-corrected chi connectivity index (χ4v) is 6.85. The van der Waals surface area contributed by atoms with Crippen LogP contribution in [0.1, 0.15) is 72.1 Å². The molecule has 0 radical (unpaired) electrons. The van der Waals surface area contributed by atoms with Crippen LogP contribution in [0.25, 0.3) is 0 Å². The van der Waals surface area contributed by atoms with Gasteiger partial charge in [-0.1, -0.05) is 19.4 Å². The summed E-state index contributed by atoms with van der Waals surface area (Å²) in [7, 11) is 1.80. The number of carbonyl (C=O) groups excluding carboxylic acids is 2. The standard InChI is InChI=1S/C23H34N2O2/c1-14(25(4)24)21(27)23(3)12-10-20-19-7-5-15-13-16(26)6-8-17(15)18(19)9-11-22(20,23)2/h13-14,19-20H,5-12,24H2,1-4H3/t14-,19+,20-,22-,23+/m0/s1. The Morgan fingerprint density at radius 2 is 1.93 bits per heavy atom. The number of likely N-dealkylation sites (N-methyl/N-ethyl adjacent to an activating group) is 1. The third-order valence-electron chi connectivity index (χ3n) is 8.87. The second-order valence-electron chi connectivity index (χ2n) is 9.89. The third-order valence-corrected chi connectivity index (χ3v) is 8.87. The maximum absolute atomic E-state index is 13.4. The molecule has 27 heavy (non-hydrogen) atoms. The first kappa shape index (κ1) is 19.1. The molecule has 4 nitrogen and oxygen atoms in total. The maximum Gasteiger partial charge on any atom is 0.157 e. The first-order valence-electron chi connectivity index (χ1n) is 10.7. The summed E-state index contributed by atoms with van der Waals surface area (Å²) in [5.74, 6) is 7.73. The van der Waals surface area contributed by atoms with Crippen molar-refractivity contribution in [1.29, 1.82) is 0 Å². The highest BCUT2D eigenvalue weighted by molar-refractivity contribution is 5.93. The van der Waals surface area contributed by atoms with Crippen LogP contribution in [0.5, 0.6) is 0 Å². The number of Topliss-reactive ketones (excluding diaryl/α,β-unsaturated/α-hetero) is 1. The zero-order valence-corrected chi connectivity index (χ0v) is 17.3. The largest absolute Gasteiger partial charge is 0.297 e. The molecule has 2 saturated carbocycles. The van der Waals surface area contributed by atoms with E-state index in [1.807, 2.05) is 13.0 Å². The van der Waals surface area contributed by atoms with Gasteiger partial charge >= 0.3 is 0 Å². The lowest BCUT2D eigenvalue weighted by molar-refractivity contribution is -0.141. The predicted molar refractivity (Wildman–Crippen MR) is 107 cm³/mol. The van der Waals surface area contributed by atoms with Gasteiger partial charge in [0.05, 0.1) is 6.04 Å². The minimum atomic E-state index is -0.292. The molecule has 0 aromatic carbocycles. The highest BCUT2D eigenvalue weighted by Crippen LogP contribution is 2.67. The van der Waals surface area contributed by atoms with Gasteiger partial charge in [0.25, 0.3) is 0 Å². The van der Waals surface area contributed by atoms with Crippen molar-refractivity contribution in [2.45, 2.75) is 78.2 Å². The van der Waals surface area contributed by atoms with Gasteiger partial charge in [0.1, 0.15) is 0 Å². The minimum Gasteiger partial charge on any atom is -0.297 e. The number of hydrazine groups is 1. The average Bonchev–Trinajstić information content (AvgIpc) is 2.92. The van der Waals surface area contributed by atoms with Crippen LogP contribution in [0.4, 0.5) is 0 Å². The molecular formula is C23H34N2O2. The van der Waals surface area contributed by atoms with E-state index in [1.165, 1.54) is 11.1 Å². The second kappa shape index (κ2) is 6.38. The summed E-state index contributed by atoms with van der Waals surface area (Å²) in [4.78, 5) is 25.3. The molecule has 0 spiro atoms. The first-order chi connectivity index (χ1) is 12.7. The molecular weight excluding hydrogens is 336 g/mol. The molecule has 0 saturated heterocycles. The van der Waals surface area contributed by atoms with Crippen molar-refractivity contribution >= 4 is 11.6 Å². The summed E-state index contributed by atoms with van der Waals surface area (Å²) in [6, 6.07) is -0.240. The highest BCUT2D eigenvalue weighted by atomic mass is 16.1. The maximum atomic E-state index is 13.4. The summed E-state index contributed by atoms with van der Waals surface area (Å²) in [5.41, 5.74) is 4.20. The molecule has 0 unspecified atom stereocenters. The second-order valence-corrected chi connectivity index (χ2v) is 9.89. The Kier molecular flexibility index (Phi) is 4.51. The molecule has 0 amide bonds. The quantitative estimate of drug-likeness (QED) is 0.603. The fourth-order valence-electron chi connectivity index (χ4n) is 6.85. The molecule has 4 aliphatic rings. The molecule has 0 bridgehead atoms. The molecule has 4 rings (SSSR count). The smallest absolute Gasteiger partial charge is 0.157 e. The van der Waals surface area contributed by atoms with Crippen LogP contribution in [-0.4, -0.2) is 29.7 Å². The molecule has 148 valence electrons. The van der Waals surface area contributed by atoms with E-state index in [0.717, 1.165) is 44.9 Å². The van der Waals surface area contributed by atoms with Crippen molar-refractivity contribution < 1.29 is 9.59 Å². The third kappa shape index (κ3) is 2.63. The Morgan fingerprint density at radius 1 is 1.19 bits per heavy atom. The number of fused-ring (bicyclic) bond motifs is 4. The molecule has 4 aliphatic carbocycles. The summed E-state index contributed by atoms with van der Waals surface area (Å²) in [6.45, 7) is 6.53. The van der Waals surface area contributed by atoms with Crippen LogP contribution in [0.2, 0.25) is 0 Å². The number of carbonyl (C=O) groups is 2. The zero-order chi connectivity index (χ0) is 19.6. The van der Waals surface area contributed by atoms with Crippen LogP contribution in [0, 0.1) is 22.7 Å².